The van der Waals surface area contributed by atoms with E-state index in [0.717, 1.165) is 23.7 Å². The molecule has 0 radical (unpaired) electrons. The van der Waals surface area contributed by atoms with Gasteiger partial charge in [0, 0.05) is 0 Å². The topological polar surface area (TPSA) is 0 Å². The molecule has 2 rings (SSSR count). The Morgan fingerprint density at radius 3 is 2.00 bits per heavy atom. The molecule has 0 nitrogen and oxygen atoms in total. The van der Waals surface area contributed by atoms with Gasteiger partial charge in [-0.15, -0.1) is 0 Å². The Labute approximate surface area is 126 Å². The third-order valence-electron chi connectivity index (χ3n) is 4.41. The highest BCUT2D eigenvalue weighted by Crippen LogP contribution is 2.26. The molecule has 0 heterocycles. The second-order valence-electron chi connectivity index (χ2n) is 6.91. The van der Waals surface area contributed by atoms with Crippen molar-refractivity contribution in [3.05, 3.63) is 48.1 Å². The first-order valence-corrected chi connectivity index (χ1v) is 8.11. The summed E-state index contributed by atoms with van der Waals surface area (Å²) >= 11 is 0. The van der Waals surface area contributed by atoms with Gasteiger partial charge in [0.2, 0.25) is 0 Å². The predicted molar refractivity (Wildman–Crippen MR) is 91.7 cm³/mol. The zero-order valence-electron chi connectivity index (χ0n) is 14.0. The Hall–Kier alpha value is -1.04. The number of rotatable bonds is 2. The van der Waals surface area contributed by atoms with E-state index in [9.17, 15) is 0 Å². The summed E-state index contributed by atoms with van der Waals surface area (Å²) in [4.78, 5) is 0. The van der Waals surface area contributed by atoms with Gasteiger partial charge in [0.25, 0.3) is 0 Å². The zero-order chi connectivity index (χ0) is 15.1. The van der Waals surface area contributed by atoms with Gasteiger partial charge in [-0.1, -0.05) is 75.8 Å². The van der Waals surface area contributed by atoms with Crippen molar-refractivity contribution in [2.24, 2.45) is 23.7 Å². The van der Waals surface area contributed by atoms with Gasteiger partial charge in [0.05, 0.1) is 0 Å². The maximum absolute atomic E-state index is 3.92. The van der Waals surface area contributed by atoms with Crippen LogP contribution in [0.15, 0.2) is 48.1 Å². The highest BCUT2D eigenvalue weighted by atomic mass is 14.2. The van der Waals surface area contributed by atoms with E-state index in [1.165, 1.54) is 30.4 Å². The molecular weight excluding hydrogens is 240 g/mol. The van der Waals surface area contributed by atoms with Crippen LogP contribution in [0.5, 0.6) is 0 Å². The summed E-state index contributed by atoms with van der Waals surface area (Å²) in [6, 6.07) is 0. The first-order chi connectivity index (χ1) is 9.40. The molecule has 2 unspecified atom stereocenters. The standard InChI is InChI=1S/2C10H16/c2*1-8(2)10-6-4-9(3)5-7-10/h4-6,8,10H,7H2,1-3H3;4,6,8,10H,3,5,7H2,1-2H3. The predicted octanol–water partition coefficient (Wildman–Crippen LogP) is 6.33. The molecule has 0 aromatic rings. The fourth-order valence-corrected chi connectivity index (χ4v) is 2.59. The van der Waals surface area contributed by atoms with Crippen LogP contribution in [0.4, 0.5) is 0 Å². The summed E-state index contributed by atoms with van der Waals surface area (Å²) in [5.74, 6) is 3.17. The molecule has 0 heteroatoms. The van der Waals surface area contributed by atoms with E-state index in [2.05, 4.69) is 71.6 Å². The molecule has 112 valence electrons. The van der Waals surface area contributed by atoms with Crippen LogP contribution in [0.25, 0.3) is 0 Å². The first-order valence-electron chi connectivity index (χ1n) is 8.11. The van der Waals surface area contributed by atoms with Crippen LogP contribution in [0.3, 0.4) is 0 Å². The summed E-state index contributed by atoms with van der Waals surface area (Å²) in [5.41, 5.74) is 2.70. The van der Waals surface area contributed by atoms with E-state index >= 15 is 0 Å². The third-order valence-corrected chi connectivity index (χ3v) is 4.41. The molecule has 0 saturated carbocycles. The van der Waals surface area contributed by atoms with Crippen molar-refractivity contribution in [3.8, 4) is 0 Å². The van der Waals surface area contributed by atoms with Crippen LogP contribution in [0, 0.1) is 23.7 Å². The summed E-state index contributed by atoms with van der Waals surface area (Å²) in [5, 5.41) is 0. The minimum Gasteiger partial charge on any atom is -0.0958 e. The van der Waals surface area contributed by atoms with E-state index in [0.29, 0.717) is 0 Å². The number of hydrogen-bond acceptors (Lipinski definition) is 0. The Morgan fingerprint density at radius 2 is 1.60 bits per heavy atom. The molecular formula is C20H32. The zero-order valence-corrected chi connectivity index (χ0v) is 14.0. The van der Waals surface area contributed by atoms with Crippen molar-refractivity contribution in [2.75, 3.05) is 0 Å². The Morgan fingerprint density at radius 1 is 1.00 bits per heavy atom. The summed E-state index contributed by atoms with van der Waals surface area (Å²) in [7, 11) is 0. The molecule has 2 aliphatic carbocycles. The largest absolute Gasteiger partial charge is 0.0958 e. The van der Waals surface area contributed by atoms with E-state index in [4.69, 9.17) is 0 Å². The monoisotopic (exact) mass is 272 g/mol. The van der Waals surface area contributed by atoms with E-state index < -0.39 is 0 Å². The first kappa shape index (κ1) is 17.0. The van der Waals surface area contributed by atoms with Gasteiger partial charge in [-0.05, 0) is 49.9 Å². The Bertz CT molecular complexity index is 388. The summed E-state index contributed by atoms with van der Waals surface area (Å²) in [6.45, 7) is 15.2. The lowest BCUT2D eigenvalue weighted by Crippen LogP contribution is -2.08. The summed E-state index contributed by atoms with van der Waals surface area (Å²) in [6.07, 6.45) is 15.1. The molecule has 0 spiro atoms. The van der Waals surface area contributed by atoms with Crippen molar-refractivity contribution >= 4 is 0 Å². The SMILES string of the molecule is C=C1C=CC(C(C)C)CC1.CC1=CCC(C(C)C)C=C1. The fraction of sp³-hybridized carbons (Fsp3) is 0.600. The molecule has 0 saturated heterocycles. The Kier molecular flexibility index (Phi) is 7.05. The highest BCUT2D eigenvalue weighted by molar-refractivity contribution is 5.21. The van der Waals surface area contributed by atoms with Gasteiger partial charge in [-0.25, -0.2) is 0 Å². The molecule has 0 aromatic carbocycles. The number of allylic oxidation sites excluding steroid dienone is 7. The van der Waals surface area contributed by atoms with Crippen molar-refractivity contribution in [1.82, 2.24) is 0 Å². The lowest BCUT2D eigenvalue weighted by molar-refractivity contribution is 0.429. The van der Waals surface area contributed by atoms with Gasteiger partial charge in [0.15, 0.2) is 0 Å². The third kappa shape index (κ3) is 5.94. The Balaban J connectivity index is 0.000000200. The summed E-state index contributed by atoms with van der Waals surface area (Å²) < 4.78 is 0. The van der Waals surface area contributed by atoms with Crippen LogP contribution >= 0.6 is 0 Å². The molecule has 0 amide bonds. The molecule has 0 bridgehead atoms. The maximum Gasteiger partial charge on any atom is -0.0172 e. The van der Waals surface area contributed by atoms with Gasteiger partial charge in [-0.2, -0.15) is 0 Å². The molecule has 0 N–H and O–H groups in total. The van der Waals surface area contributed by atoms with Gasteiger partial charge >= 0.3 is 0 Å². The lowest BCUT2D eigenvalue weighted by Gasteiger charge is -2.20. The van der Waals surface area contributed by atoms with Crippen LogP contribution in [-0.2, 0) is 0 Å². The van der Waals surface area contributed by atoms with Crippen LogP contribution in [-0.4, -0.2) is 0 Å². The van der Waals surface area contributed by atoms with Gasteiger partial charge < -0.3 is 0 Å². The van der Waals surface area contributed by atoms with Gasteiger partial charge in [-0.3, -0.25) is 0 Å². The van der Waals surface area contributed by atoms with Gasteiger partial charge in [0.1, 0.15) is 0 Å². The molecule has 20 heavy (non-hydrogen) atoms. The normalized spacial score (nSPS) is 25.6. The molecule has 0 aliphatic heterocycles. The fourth-order valence-electron chi connectivity index (χ4n) is 2.59. The second-order valence-corrected chi connectivity index (χ2v) is 6.91. The maximum atomic E-state index is 3.92. The van der Waals surface area contributed by atoms with Crippen molar-refractivity contribution in [2.45, 2.75) is 53.9 Å². The van der Waals surface area contributed by atoms with Crippen molar-refractivity contribution in [1.29, 1.82) is 0 Å². The number of hydrogen-bond donors (Lipinski definition) is 0. The minimum absolute atomic E-state index is 0.781. The molecule has 0 aromatic heterocycles. The van der Waals surface area contributed by atoms with E-state index in [1.54, 1.807) is 0 Å². The van der Waals surface area contributed by atoms with E-state index in [-0.39, 0.29) is 0 Å². The van der Waals surface area contributed by atoms with Crippen LogP contribution < -0.4 is 0 Å². The second kappa shape index (κ2) is 8.29. The molecule has 2 aliphatic rings. The molecule has 0 fully saturated rings. The van der Waals surface area contributed by atoms with Crippen molar-refractivity contribution < 1.29 is 0 Å². The lowest BCUT2D eigenvalue weighted by atomic mass is 9.85. The average Bonchev–Trinajstić information content (AvgIpc) is 2.40. The van der Waals surface area contributed by atoms with Crippen LogP contribution in [0.1, 0.15) is 53.9 Å². The minimum atomic E-state index is 0.781. The van der Waals surface area contributed by atoms with E-state index in [1.807, 2.05) is 0 Å². The smallest absolute Gasteiger partial charge is 0.0172 e. The van der Waals surface area contributed by atoms with Crippen molar-refractivity contribution in [3.63, 3.8) is 0 Å². The molecule has 2 atom stereocenters. The average molecular weight is 272 g/mol. The highest BCUT2D eigenvalue weighted by Gasteiger charge is 2.12. The quantitative estimate of drug-likeness (QED) is 0.551. The van der Waals surface area contributed by atoms with Crippen LogP contribution in [0.2, 0.25) is 0 Å².